The smallest absolute Gasteiger partial charge is 0.254 e. The van der Waals surface area contributed by atoms with E-state index in [2.05, 4.69) is 10.1 Å². The lowest BCUT2D eigenvalue weighted by Crippen LogP contribution is -2.07. The molecule has 0 spiro atoms. The average molecular weight is 271 g/mol. The Morgan fingerprint density at radius 2 is 2.10 bits per heavy atom. The van der Waals surface area contributed by atoms with Crippen LogP contribution in [0.2, 0.25) is 0 Å². The van der Waals surface area contributed by atoms with Crippen LogP contribution in [0.4, 0.5) is 0 Å². The first-order valence-corrected chi connectivity index (χ1v) is 5.92. The number of aromatic nitrogens is 3. The number of fused-ring (bicyclic) bond motifs is 2. The largest absolute Gasteiger partial charge is 0.493 e. The van der Waals surface area contributed by atoms with Crippen molar-refractivity contribution in [2.24, 2.45) is 0 Å². The monoisotopic (exact) mass is 271 g/mol. The van der Waals surface area contributed by atoms with E-state index in [4.69, 9.17) is 9.47 Å². The quantitative estimate of drug-likeness (QED) is 0.692. The second-order valence-corrected chi connectivity index (χ2v) is 4.38. The van der Waals surface area contributed by atoms with Crippen molar-refractivity contribution in [1.29, 1.82) is 0 Å². The molecule has 1 aliphatic heterocycles. The van der Waals surface area contributed by atoms with E-state index in [1.807, 2.05) is 12.1 Å². The summed E-state index contributed by atoms with van der Waals surface area (Å²) in [4.78, 5) is 14.1. The molecule has 3 heterocycles. The molecule has 0 unspecified atom stereocenters. The molecule has 0 fully saturated rings. The Morgan fingerprint density at radius 3 is 3.00 bits per heavy atom. The highest BCUT2D eigenvalue weighted by molar-refractivity contribution is 5.78. The fourth-order valence-corrected chi connectivity index (χ4v) is 2.25. The first-order valence-electron chi connectivity index (χ1n) is 5.92. The van der Waals surface area contributed by atoms with Gasteiger partial charge in [0.1, 0.15) is 5.65 Å². The van der Waals surface area contributed by atoms with Crippen LogP contribution in [0.1, 0.15) is 0 Å². The molecule has 0 saturated heterocycles. The summed E-state index contributed by atoms with van der Waals surface area (Å²) in [5.74, 6) is 1.11. The van der Waals surface area contributed by atoms with Gasteiger partial charge >= 0.3 is 0 Å². The Labute approximate surface area is 112 Å². The van der Waals surface area contributed by atoms with Gasteiger partial charge in [-0.2, -0.15) is 9.61 Å². The molecule has 0 bridgehead atoms. The van der Waals surface area contributed by atoms with Crippen LogP contribution in [0.25, 0.3) is 16.8 Å². The van der Waals surface area contributed by atoms with Gasteiger partial charge in [0.2, 0.25) is 12.7 Å². The molecule has 7 nitrogen and oxygen atoms in total. The van der Waals surface area contributed by atoms with Crippen molar-refractivity contribution in [2.45, 2.75) is 0 Å². The van der Waals surface area contributed by atoms with Crippen LogP contribution in [-0.2, 0) is 0 Å². The Morgan fingerprint density at radius 1 is 1.25 bits per heavy atom. The molecule has 2 aromatic heterocycles. The van der Waals surface area contributed by atoms with E-state index in [1.165, 1.54) is 4.52 Å². The standard InChI is InChI=1S/C13H9N3O4/c17-11-4-12(18)16-13(15-11)8(5-14-16)7-1-2-9-10(3-7)20-6-19-9/h1-5,18H,6H2,(H,15,17). The third-order valence-corrected chi connectivity index (χ3v) is 3.17. The van der Waals surface area contributed by atoms with E-state index in [1.54, 1.807) is 12.3 Å². The number of H-pyrrole nitrogens is 1. The van der Waals surface area contributed by atoms with Crippen molar-refractivity contribution >= 4 is 5.65 Å². The van der Waals surface area contributed by atoms with Crippen LogP contribution in [-0.4, -0.2) is 26.5 Å². The lowest BCUT2D eigenvalue weighted by molar-refractivity contribution is 0.174. The Hall–Kier alpha value is -2.96. The van der Waals surface area contributed by atoms with E-state index in [0.717, 1.165) is 11.6 Å². The van der Waals surface area contributed by atoms with Gasteiger partial charge in [-0.3, -0.25) is 4.79 Å². The van der Waals surface area contributed by atoms with Gasteiger partial charge in [-0.1, -0.05) is 6.07 Å². The third kappa shape index (κ3) is 1.46. The van der Waals surface area contributed by atoms with Crippen molar-refractivity contribution in [3.05, 3.63) is 40.8 Å². The maximum atomic E-state index is 11.5. The highest BCUT2D eigenvalue weighted by Crippen LogP contribution is 2.36. The second kappa shape index (κ2) is 3.77. The average Bonchev–Trinajstić information content (AvgIpc) is 3.03. The summed E-state index contributed by atoms with van der Waals surface area (Å²) in [5, 5.41) is 13.8. The first kappa shape index (κ1) is 10.9. The van der Waals surface area contributed by atoms with Crippen LogP contribution < -0.4 is 15.0 Å². The number of ether oxygens (including phenoxy) is 2. The summed E-state index contributed by atoms with van der Waals surface area (Å²) >= 11 is 0. The summed E-state index contributed by atoms with van der Waals surface area (Å²) in [6, 6.07) is 6.51. The van der Waals surface area contributed by atoms with Gasteiger partial charge in [0.05, 0.1) is 12.3 Å². The van der Waals surface area contributed by atoms with E-state index in [-0.39, 0.29) is 12.7 Å². The molecule has 3 aromatic rings. The normalized spacial score (nSPS) is 13.0. The zero-order valence-corrected chi connectivity index (χ0v) is 10.2. The predicted octanol–water partition coefficient (Wildman–Crippen LogP) is 1.12. The van der Waals surface area contributed by atoms with Crippen molar-refractivity contribution in [3.63, 3.8) is 0 Å². The molecule has 20 heavy (non-hydrogen) atoms. The summed E-state index contributed by atoms with van der Waals surface area (Å²) in [6.45, 7) is 0.200. The highest BCUT2D eigenvalue weighted by atomic mass is 16.7. The number of hydrogen-bond acceptors (Lipinski definition) is 5. The van der Waals surface area contributed by atoms with Gasteiger partial charge in [-0.05, 0) is 17.7 Å². The molecule has 4 rings (SSSR count). The number of rotatable bonds is 1. The fourth-order valence-electron chi connectivity index (χ4n) is 2.25. The Balaban J connectivity index is 1.96. The Kier molecular flexibility index (Phi) is 2.06. The van der Waals surface area contributed by atoms with Gasteiger partial charge in [0, 0.05) is 5.56 Å². The topological polar surface area (TPSA) is 88.8 Å². The molecule has 0 radical (unpaired) electrons. The van der Waals surface area contributed by atoms with Crippen molar-refractivity contribution < 1.29 is 14.6 Å². The van der Waals surface area contributed by atoms with Gasteiger partial charge < -0.3 is 19.6 Å². The van der Waals surface area contributed by atoms with Crippen molar-refractivity contribution in [1.82, 2.24) is 14.6 Å². The zero-order valence-electron chi connectivity index (χ0n) is 10.2. The maximum absolute atomic E-state index is 11.5. The third-order valence-electron chi connectivity index (χ3n) is 3.17. The minimum Gasteiger partial charge on any atom is -0.493 e. The van der Waals surface area contributed by atoms with E-state index in [0.29, 0.717) is 22.7 Å². The minimum atomic E-state index is -0.391. The van der Waals surface area contributed by atoms with Crippen LogP contribution in [0, 0.1) is 0 Å². The molecule has 0 saturated carbocycles. The predicted molar refractivity (Wildman–Crippen MR) is 69.0 cm³/mol. The van der Waals surface area contributed by atoms with Crippen LogP contribution in [0.3, 0.4) is 0 Å². The van der Waals surface area contributed by atoms with E-state index >= 15 is 0 Å². The van der Waals surface area contributed by atoms with Gasteiger partial charge in [-0.15, -0.1) is 0 Å². The second-order valence-electron chi connectivity index (χ2n) is 4.38. The minimum absolute atomic E-state index is 0.200. The molecule has 1 aromatic carbocycles. The van der Waals surface area contributed by atoms with Gasteiger partial charge in [0.25, 0.3) is 5.56 Å². The number of aromatic amines is 1. The molecule has 2 N–H and O–H groups in total. The number of aromatic hydroxyl groups is 1. The molecule has 0 amide bonds. The molecular weight excluding hydrogens is 262 g/mol. The molecule has 0 aliphatic carbocycles. The van der Waals surface area contributed by atoms with Crippen LogP contribution in [0.5, 0.6) is 17.4 Å². The highest BCUT2D eigenvalue weighted by Gasteiger charge is 2.16. The number of nitrogens with zero attached hydrogens (tertiary/aromatic N) is 2. The molecule has 100 valence electrons. The number of nitrogens with one attached hydrogen (secondary N) is 1. The molecule has 7 heteroatoms. The maximum Gasteiger partial charge on any atom is 0.254 e. The molecule has 0 atom stereocenters. The molecular formula is C13H9N3O4. The fraction of sp³-hybridized carbons (Fsp3) is 0.0769. The summed E-state index contributed by atoms with van der Waals surface area (Å²) in [7, 11) is 0. The Bertz CT molecular complexity index is 881. The lowest BCUT2D eigenvalue weighted by atomic mass is 10.1. The first-order chi connectivity index (χ1) is 9.72. The van der Waals surface area contributed by atoms with Crippen molar-refractivity contribution in [2.75, 3.05) is 6.79 Å². The SMILES string of the molecule is O=c1cc(O)n2ncc(-c3ccc4c(c3)OCO4)c2[nH]1. The van der Waals surface area contributed by atoms with Gasteiger partial charge in [0.15, 0.2) is 11.5 Å². The van der Waals surface area contributed by atoms with Crippen LogP contribution in [0.15, 0.2) is 35.3 Å². The molecule has 1 aliphatic rings. The van der Waals surface area contributed by atoms with E-state index in [9.17, 15) is 9.90 Å². The summed E-state index contributed by atoms with van der Waals surface area (Å²) < 4.78 is 11.8. The lowest BCUT2D eigenvalue weighted by Gasteiger charge is -2.02. The van der Waals surface area contributed by atoms with Crippen molar-refractivity contribution in [3.8, 4) is 28.5 Å². The zero-order chi connectivity index (χ0) is 13.7. The van der Waals surface area contributed by atoms with Crippen LogP contribution >= 0.6 is 0 Å². The number of benzene rings is 1. The summed E-state index contributed by atoms with van der Waals surface area (Å²) in [5.41, 5.74) is 1.54. The van der Waals surface area contributed by atoms with E-state index < -0.39 is 5.56 Å². The summed E-state index contributed by atoms with van der Waals surface area (Å²) in [6.07, 6.45) is 1.57. The van der Waals surface area contributed by atoms with Gasteiger partial charge in [-0.25, -0.2) is 0 Å². The number of hydrogen-bond donors (Lipinski definition) is 2.